The summed E-state index contributed by atoms with van der Waals surface area (Å²) in [7, 11) is 0. The van der Waals surface area contributed by atoms with Crippen LogP contribution in [0, 0.1) is 13.8 Å². The molecule has 4 aromatic rings. The molecule has 1 heterocycles. The van der Waals surface area contributed by atoms with Crippen LogP contribution in [0.3, 0.4) is 0 Å². The Morgan fingerprint density at radius 3 is 2.36 bits per heavy atom. The monoisotopic (exact) mass is 369 g/mol. The lowest BCUT2D eigenvalue weighted by Crippen LogP contribution is -2.30. The summed E-state index contributed by atoms with van der Waals surface area (Å²) in [4.78, 5) is 21.1. The molecule has 4 rings (SSSR count). The normalized spacial score (nSPS) is 12.1. The van der Waals surface area contributed by atoms with E-state index in [1.807, 2.05) is 68.4 Å². The molecule has 0 saturated heterocycles. The Morgan fingerprint density at radius 2 is 1.64 bits per heavy atom. The van der Waals surface area contributed by atoms with Gasteiger partial charge in [-0.1, -0.05) is 59.7 Å². The van der Waals surface area contributed by atoms with Crippen LogP contribution < -0.4 is 5.32 Å². The van der Waals surface area contributed by atoms with E-state index in [1.54, 1.807) is 0 Å². The number of carbonyl (C=O) groups excluding carboxylic acids is 1. The molecule has 0 radical (unpaired) electrons. The number of carbonyl (C=O) groups is 1. The van der Waals surface area contributed by atoms with E-state index >= 15 is 0 Å². The van der Waals surface area contributed by atoms with Crippen LogP contribution in [-0.4, -0.2) is 15.9 Å². The smallest absolute Gasteiger partial charge is 0.251 e. The summed E-state index contributed by atoms with van der Waals surface area (Å²) >= 11 is 0. The molecule has 0 bridgehead atoms. The number of hydrogen-bond acceptors (Lipinski definition) is 2. The van der Waals surface area contributed by atoms with E-state index in [1.165, 1.54) is 0 Å². The number of benzene rings is 3. The zero-order valence-corrected chi connectivity index (χ0v) is 16.1. The lowest BCUT2D eigenvalue weighted by atomic mass is 10.0. The first-order chi connectivity index (χ1) is 13.6. The second kappa shape index (κ2) is 7.69. The van der Waals surface area contributed by atoms with Gasteiger partial charge in [-0.3, -0.25) is 4.79 Å². The molecule has 0 aliphatic heterocycles. The molecule has 1 aromatic heterocycles. The van der Waals surface area contributed by atoms with Crippen LogP contribution in [0.4, 0.5) is 0 Å². The molecule has 0 fully saturated rings. The van der Waals surface area contributed by atoms with Crippen molar-refractivity contribution in [2.75, 3.05) is 0 Å². The lowest BCUT2D eigenvalue weighted by molar-refractivity contribution is 0.0934. The molecule has 0 unspecified atom stereocenters. The van der Waals surface area contributed by atoms with Crippen molar-refractivity contribution in [1.29, 1.82) is 0 Å². The number of hydrogen-bond donors (Lipinski definition) is 2. The number of aryl methyl sites for hydroxylation is 2. The zero-order chi connectivity index (χ0) is 19.5. The van der Waals surface area contributed by atoms with Gasteiger partial charge >= 0.3 is 0 Å². The Labute approximate surface area is 164 Å². The Bertz CT molecular complexity index is 1060. The first-order valence-electron chi connectivity index (χ1n) is 9.46. The minimum Gasteiger partial charge on any atom is -0.342 e. The van der Waals surface area contributed by atoms with Gasteiger partial charge in [-0.15, -0.1) is 0 Å². The number of imidazole rings is 1. The molecule has 0 spiro atoms. The van der Waals surface area contributed by atoms with Gasteiger partial charge in [0.1, 0.15) is 5.82 Å². The predicted octanol–water partition coefficient (Wildman–Crippen LogP) is 4.89. The van der Waals surface area contributed by atoms with Gasteiger partial charge in [0.05, 0.1) is 17.1 Å². The summed E-state index contributed by atoms with van der Waals surface area (Å²) < 4.78 is 0. The van der Waals surface area contributed by atoms with Crippen molar-refractivity contribution >= 4 is 16.9 Å². The van der Waals surface area contributed by atoms with Crippen LogP contribution in [0.1, 0.15) is 38.9 Å². The van der Waals surface area contributed by atoms with E-state index in [0.717, 1.165) is 33.5 Å². The first kappa shape index (κ1) is 18.0. The summed E-state index contributed by atoms with van der Waals surface area (Å²) in [6.45, 7) is 4.01. The van der Waals surface area contributed by atoms with Crippen molar-refractivity contribution in [2.24, 2.45) is 0 Å². The molecule has 0 aliphatic rings. The number of fused-ring (bicyclic) bond motifs is 1. The third-order valence-corrected chi connectivity index (χ3v) is 4.81. The fourth-order valence-electron chi connectivity index (χ4n) is 3.55. The van der Waals surface area contributed by atoms with Gasteiger partial charge in [0, 0.05) is 5.56 Å². The third kappa shape index (κ3) is 3.96. The third-order valence-electron chi connectivity index (χ3n) is 4.81. The van der Waals surface area contributed by atoms with E-state index in [2.05, 4.69) is 28.5 Å². The van der Waals surface area contributed by atoms with Crippen LogP contribution in [0.25, 0.3) is 11.0 Å². The molecule has 1 atom stereocenters. The molecule has 4 nitrogen and oxygen atoms in total. The number of H-pyrrole nitrogens is 1. The highest BCUT2D eigenvalue weighted by molar-refractivity contribution is 5.94. The number of aromatic amines is 1. The first-order valence-corrected chi connectivity index (χ1v) is 9.46. The van der Waals surface area contributed by atoms with Crippen molar-refractivity contribution in [3.63, 3.8) is 0 Å². The van der Waals surface area contributed by atoms with E-state index in [-0.39, 0.29) is 11.9 Å². The van der Waals surface area contributed by atoms with Gasteiger partial charge in [0.15, 0.2) is 0 Å². The van der Waals surface area contributed by atoms with Crippen LogP contribution >= 0.6 is 0 Å². The molecular formula is C24H23N3O. The minimum atomic E-state index is -0.247. The molecule has 0 saturated carbocycles. The number of amides is 1. The summed E-state index contributed by atoms with van der Waals surface area (Å²) in [5.74, 6) is 0.677. The maximum atomic E-state index is 13.0. The average Bonchev–Trinajstić information content (AvgIpc) is 3.11. The average molecular weight is 369 g/mol. The molecule has 2 N–H and O–H groups in total. The number of rotatable bonds is 5. The highest BCUT2D eigenvalue weighted by Gasteiger charge is 2.20. The van der Waals surface area contributed by atoms with Gasteiger partial charge in [-0.2, -0.15) is 0 Å². The SMILES string of the molecule is Cc1cc(C)cc(C(=O)N[C@@H](Cc2ccccc2)c2nc3ccccc3[nH]2)c1. The van der Waals surface area contributed by atoms with Crippen molar-refractivity contribution in [1.82, 2.24) is 15.3 Å². The van der Waals surface area contributed by atoms with E-state index in [0.29, 0.717) is 12.0 Å². The fraction of sp³-hybridized carbons (Fsp3) is 0.167. The van der Waals surface area contributed by atoms with Crippen LogP contribution in [0.5, 0.6) is 0 Å². The molecule has 28 heavy (non-hydrogen) atoms. The van der Waals surface area contributed by atoms with Crippen LogP contribution in [0.15, 0.2) is 72.8 Å². The predicted molar refractivity (Wildman–Crippen MR) is 112 cm³/mol. The van der Waals surface area contributed by atoms with Gasteiger partial charge in [-0.05, 0) is 50.1 Å². The highest BCUT2D eigenvalue weighted by Crippen LogP contribution is 2.21. The molecule has 140 valence electrons. The highest BCUT2D eigenvalue weighted by atomic mass is 16.1. The van der Waals surface area contributed by atoms with Crippen molar-refractivity contribution in [3.05, 3.63) is 101 Å². The maximum Gasteiger partial charge on any atom is 0.251 e. The topological polar surface area (TPSA) is 57.8 Å². The Balaban J connectivity index is 1.66. The number of nitrogens with one attached hydrogen (secondary N) is 2. The molecule has 3 aromatic carbocycles. The fourth-order valence-corrected chi connectivity index (χ4v) is 3.55. The molecular weight excluding hydrogens is 346 g/mol. The van der Waals surface area contributed by atoms with Gasteiger partial charge in [0.2, 0.25) is 0 Å². The summed E-state index contributed by atoms with van der Waals surface area (Å²) in [5.41, 5.74) is 5.84. The quantitative estimate of drug-likeness (QED) is 0.526. The van der Waals surface area contributed by atoms with Gasteiger partial charge < -0.3 is 10.3 Å². The van der Waals surface area contributed by atoms with Crippen LogP contribution in [-0.2, 0) is 6.42 Å². The Hall–Kier alpha value is -3.40. The van der Waals surface area contributed by atoms with Crippen molar-refractivity contribution in [2.45, 2.75) is 26.3 Å². The zero-order valence-electron chi connectivity index (χ0n) is 16.1. The second-order valence-corrected chi connectivity index (χ2v) is 7.23. The number of nitrogens with zero attached hydrogens (tertiary/aromatic N) is 1. The van der Waals surface area contributed by atoms with E-state index < -0.39 is 0 Å². The molecule has 4 heteroatoms. The number of para-hydroxylation sites is 2. The largest absolute Gasteiger partial charge is 0.342 e. The van der Waals surface area contributed by atoms with Gasteiger partial charge in [0.25, 0.3) is 5.91 Å². The number of aromatic nitrogens is 2. The van der Waals surface area contributed by atoms with Crippen molar-refractivity contribution < 1.29 is 4.79 Å². The summed E-state index contributed by atoms with van der Waals surface area (Å²) in [6.07, 6.45) is 0.664. The minimum absolute atomic E-state index is 0.0896. The second-order valence-electron chi connectivity index (χ2n) is 7.23. The van der Waals surface area contributed by atoms with Crippen molar-refractivity contribution in [3.8, 4) is 0 Å². The summed E-state index contributed by atoms with van der Waals surface area (Å²) in [5, 5.41) is 3.18. The van der Waals surface area contributed by atoms with E-state index in [4.69, 9.17) is 4.98 Å². The Kier molecular flexibility index (Phi) is 4.94. The summed E-state index contributed by atoms with van der Waals surface area (Å²) in [6, 6.07) is 23.7. The van der Waals surface area contributed by atoms with Gasteiger partial charge in [-0.25, -0.2) is 4.98 Å². The maximum absolute atomic E-state index is 13.0. The van der Waals surface area contributed by atoms with Crippen LogP contribution in [0.2, 0.25) is 0 Å². The standard InChI is InChI=1S/C24H23N3O/c1-16-12-17(2)14-19(13-16)24(28)27-22(15-18-8-4-3-5-9-18)23-25-20-10-6-7-11-21(20)26-23/h3-14,22H,15H2,1-2H3,(H,25,26)(H,27,28)/t22-/m0/s1. The lowest BCUT2D eigenvalue weighted by Gasteiger charge is -2.17. The Morgan fingerprint density at radius 1 is 0.964 bits per heavy atom. The van der Waals surface area contributed by atoms with E-state index in [9.17, 15) is 4.79 Å². The molecule has 1 amide bonds. The molecule has 0 aliphatic carbocycles.